The van der Waals surface area contributed by atoms with Gasteiger partial charge in [-0.3, -0.25) is 9.59 Å². The summed E-state index contributed by atoms with van der Waals surface area (Å²) in [4.78, 5) is 42.4. The van der Waals surface area contributed by atoms with Gasteiger partial charge in [0.15, 0.2) is 0 Å². The summed E-state index contributed by atoms with van der Waals surface area (Å²) in [7, 11) is 1.58. The van der Waals surface area contributed by atoms with Gasteiger partial charge in [-0.15, -0.1) is 0 Å². The Bertz CT molecular complexity index is 836. The Balaban J connectivity index is 1.51. The maximum atomic E-state index is 13.3. The monoisotopic (exact) mass is 472 g/mol. The fourth-order valence-corrected chi connectivity index (χ4v) is 4.99. The van der Waals surface area contributed by atoms with Gasteiger partial charge in [0.2, 0.25) is 11.8 Å². The highest BCUT2D eigenvalue weighted by Gasteiger charge is 2.34. The predicted molar refractivity (Wildman–Crippen MR) is 133 cm³/mol. The molecule has 1 aliphatic carbocycles. The van der Waals surface area contributed by atoms with Crippen LogP contribution in [0.4, 0.5) is 10.5 Å². The zero-order valence-corrected chi connectivity index (χ0v) is 21.0. The van der Waals surface area contributed by atoms with Crippen molar-refractivity contribution in [3.8, 4) is 5.75 Å². The van der Waals surface area contributed by atoms with E-state index in [-0.39, 0.29) is 23.8 Å². The molecule has 0 aromatic heterocycles. The van der Waals surface area contributed by atoms with E-state index in [0.29, 0.717) is 43.4 Å². The van der Waals surface area contributed by atoms with Gasteiger partial charge in [-0.2, -0.15) is 0 Å². The molecule has 1 saturated carbocycles. The van der Waals surface area contributed by atoms with Crippen LogP contribution in [0.3, 0.4) is 0 Å². The molecule has 8 heteroatoms. The summed E-state index contributed by atoms with van der Waals surface area (Å²) in [5.74, 6) is 1.42. The molecule has 1 aliphatic heterocycles. The molecule has 2 aliphatic rings. The quantitative estimate of drug-likeness (QED) is 0.601. The molecule has 3 rings (SSSR count). The van der Waals surface area contributed by atoms with Crippen LogP contribution in [0.25, 0.3) is 0 Å². The largest absolute Gasteiger partial charge is 0.497 e. The Morgan fingerprint density at radius 1 is 1.09 bits per heavy atom. The fraction of sp³-hybridized carbons (Fsp3) is 0.654. The van der Waals surface area contributed by atoms with Gasteiger partial charge in [0.05, 0.1) is 7.11 Å². The van der Waals surface area contributed by atoms with Gasteiger partial charge < -0.3 is 25.2 Å². The van der Waals surface area contributed by atoms with E-state index in [0.717, 1.165) is 6.42 Å². The van der Waals surface area contributed by atoms with Crippen LogP contribution >= 0.6 is 0 Å². The lowest BCUT2D eigenvalue weighted by molar-refractivity contribution is -0.144. The van der Waals surface area contributed by atoms with Crippen LogP contribution in [-0.2, 0) is 9.59 Å². The standard InChI is InChI=1S/C26H40N4O4/c1-18(2)24(28-26(33)27-21-10-12-22(34-4)13-11-21)25(32)29-15-16-30(19(3)17-29)23(31)14-9-20-7-5-6-8-20/h10-13,18-20,24H,5-9,14-17H2,1-4H3,(H2,27,28,33). The molecule has 2 fully saturated rings. The predicted octanol–water partition coefficient (Wildman–Crippen LogP) is 3.87. The number of anilines is 1. The lowest BCUT2D eigenvalue weighted by Gasteiger charge is -2.41. The van der Waals surface area contributed by atoms with Crippen LogP contribution < -0.4 is 15.4 Å². The highest BCUT2D eigenvalue weighted by Crippen LogP contribution is 2.29. The van der Waals surface area contributed by atoms with Crippen molar-refractivity contribution < 1.29 is 19.1 Å². The Kier molecular flexibility index (Phi) is 9.19. The van der Waals surface area contributed by atoms with Crippen molar-refractivity contribution in [2.75, 3.05) is 32.1 Å². The van der Waals surface area contributed by atoms with Crippen molar-refractivity contribution in [1.29, 1.82) is 0 Å². The maximum absolute atomic E-state index is 13.3. The molecule has 2 atom stereocenters. The number of ether oxygens (including phenoxy) is 1. The SMILES string of the molecule is COc1ccc(NC(=O)NC(C(=O)N2CCN(C(=O)CCC3CCCC3)C(C)C2)C(C)C)cc1. The minimum atomic E-state index is -0.643. The second-order valence-corrected chi connectivity index (χ2v) is 9.96. The van der Waals surface area contributed by atoms with Crippen molar-refractivity contribution in [1.82, 2.24) is 15.1 Å². The number of methoxy groups -OCH3 is 1. The summed E-state index contributed by atoms with van der Waals surface area (Å²) in [6, 6.07) is 5.91. The summed E-state index contributed by atoms with van der Waals surface area (Å²) in [5, 5.41) is 5.61. The number of carbonyl (C=O) groups is 3. The van der Waals surface area contributed by atoms with E-state index < -0.39 is 12.1 Å². The molecule has 1 heterocycles. The van der Waals surface area contributed by atoms with E-state index in [1.54, 1.807) is 36.3 Å². The van der Waals surface area contributed by atoms with E-state index in [1.165, 1.54) is 25.7 Å². The first-order chi connectivity index (χ1) is 16.3. The van der Waals surface area contributed by atoms with E-state index in [4.69, 9.17) is 4.74 Å². The number of urea groups is 1. The Hall–Kier alpha value is -2.77. The van der Waals surface area contributed by atoms with Crippen molar-refractivity contribution in [3.63, 3.8) is 0 Å². The summed E-state index contributed by atoms with van der Waals surface area (Å²) in [5.41, 5.74) is 0.617. The van der Waals surface area contributed by atoms with Gasteiger partial charge in [-0.05, 0) is 49.4 Å². The van der Waals surface area contributed by atoms with E-state index in [2.05, 4.69) is 10.6 Å². The lowest BCUT2D eigenvalue weighted by atomic mass is 10.00. The number of hydrogen-bond acceptors (Lipinski definition) is 4. The minimum absolute atomic E-state index is 0.0327. The molecule has 0 bridgehead atoms. The molecule has 1 aromatic carbocycles. The zero-order chi connectivity index (χ0) is 24.7. The molecule has 2 unspecified atom stereocenters. The maximum Gasteiger partial charge on any atom is 0.319 e. The van der Waals surface area contributed by atoms with Gasteiger partial charge in [0.1, 0.15) is 11.8 Å². The Labute approximate surface area is 203 Å². The van der Waals surface area contributed by atoms with Gasteiger partial charge in [-0.25, -0.2) is 4.79 Å². The van der Waals surface area contributed by atoms with Crippen molar-refractivity contribution in [2.24, 2.45) is 11.8 Å². The molecule has 1 aromatic rings. The molecular weight excluding hydrogens is 432 g/mol. The van der Waals surface area contributed by atoms with Crippen LogP contribution in [0.2, 0.25) is 0 Å². The van der Waals surface area contributed by atoms with Crippen LogP contribution in [0.1, 0.15) is 59.3 Å². The average molecular weight is 473 g/mol. The number of piperazine rings is 1. The van der Waals surface area contributed by atoms with E-state index in [9.17, 15) is 14.4 Å². The van der Waals surface area contributed by atoms with E-state index in [1.807, 2.05) is 25.7 Å². The summed E-state index contributed by atoms with van der Waals surface area (Å²) >= 11 is 0. The first-order valence-corrected chi connectivity index (χ1v) is 12.6. The first kappa shape index (κ1) is 25.8. The summed E-state index contributed by atoms with van der Waals surface area (Å²) in [6.45, 7) is 7.35. The molecule has 0 spiro atoms. The minimum Gasteiger partial charge on any atom is -0.497 e. The molecule has 0 radical (unpaired) electrons. The molecule has 188 valence electrons. The number of rotatable bonds is 8. The van der Waals surface area contributed by atoms with Gasteiger partial charge in [-0.1, -0.05) is 39.5 Å². The molecule has 2 N–H and O–H groups in total. The zero-order valence-electron chi connectivity index (χ0n) is 21.0. The molecule has 4 amide bonds. The Morgan fingerprint density at radius 2 is 1.76 bits per heavy atom. The van der Waals surface area contributed by atoms with Crippen molar-refractivity contribution >= 4 is 23.5 Å². The number of amides is 4. The third kappa shape index (κ3) is 6.87. The topological polar surface area (TPSA) is 91.0 Å². The van der Waals surface area contributed by atoms with Gasteiger partial charge in [0, 0.05) is 37.8 Å². The summed E-state index contributed by atoms with van der Waals surface area (Å²) < 4.78 is 5.13. The lowest BCUT2D eigenvalue weighted by Crippen LogP contribution is -2.60. The van der Waals surface area contributed by atoms with Gasteiger partial charge in [0.25, 0.3) is 0 Å². The number of hydrogen-bond donors (Lipinski definition) is 2. The average Bonchev–Trinajstić information content (AvgIpc) is 3.34. The van der Waals surface area contributed by atoms with Crippen LogP contribution in [0.15, 0.2) is 24.3 Å². The molecule has 1 saturated heterocycles. The van der Waals surface area contributed by atoms with Crippen molar-refractivity contribution in [2.45, 2.75) is 71.4 Å². The third-order valence-corrected chi connectivity index (χ3v) is 7.07. The number of nitrogens with zero attached hydrogens (tertiary/aromatic N) is 2. The smallest absolute Gasteiger partial charge is 0.319 e. The second-order valence-electron chi connectivity index (χ2n) is 9.96. The molecular formula is C26H40N4O4. The second kappa shape index (κ2) is 12.1. The highest BCUT2D eigenvalue weighted by atomic mass is 16.5. The van der Waals surface area contributed by atoms with Crippen LogP contribution in [0.5, 0.6) is 5.75 Å². The Morgan fingerprint density at radius 3 is 2.35 bits per heavy atom. The molecule has 8 nitrogen and oxygen atoms in total. The van der Waals surface area contributed by atoms with E-state index >= 15 is 0 Å². The number of nitrogens with one attached hydrogen (secondary N) is 2. The van der Waals surface area contributed by atoms with Gasteiger partial charge >= 0.3 is 6.03 Å². The first-order valence-electron chi connectivity index (χ1n) is 12.6. The van der Waals surface area contributed by atoms with Crippen LogP contribution in [-0.4, -0.2) is 66.5 Å². The number of benzene rings is 1. The summed E-state index contributed by atoms with van der Waals surface area (Å²) in [6.07, 6.45) is 6.66. The molecule has 34 heavy (non-hydrogen) atoms. The highest BCUT2D eigenvalue weighted by molar-refractivity contribution is 5.94. The fourth-order valence-electron chi connectivity index (χ4n) is 4.99. The van der Waals surface area contributed by atoms with Crippen LogP contribution in [0, 0.1) is 11.8 Å². The number of carbonyl (C=O) groups excluding carboxylic acids is 3. The van der Waals surface area contributed by atoms with Crippen molar-refractivity contribution in [3.05, 3.63) is 24.3 Å². The third-order valence-electron chi connectivity index (χ3n) is 7.07. The normalized spacial score (nSPS) is 19.7.